The van der Waals surface area contributed by atoms with Gasteiger partial charge >= 0.3 is 11.9 Å². The van der Waals surface area contributed by atoms with Gasteiger partial charge in [0.1, 0.15) is 0 Å². The number of carboxylic acids is 2. The molecular weight excluding hydrogens is 311 g/mol. The minimum absolute atomic E-state index is 0.144. The van der Waals surface area contributed by atoms with Gasteiger partial charge in [-0.1, -0.05) is 6.92 Å². The van der Waals surface area contributed by atoms with Crippen molar-refractivity contribution in [1.82, 2.24) is 0 Å². The summed E-state index contributed by atoms with van der Waals surface area (Å²) in [4.78, 5) is 22.7. The molecule has 0 aromatic rings. The van der Waals surface area contributed by atoms with Gasteiger partial charge in [0, 0.05) is 0 Å². The molecule has 0 spiro atoms. The monoisotopic (exact) mass is 342 g/mol. The summed E-state index contributed by atoms with van der Waals surface area (Å²) in [5.41, 5.74) is 0.144. The van der Waals surface area contributed by atoms with Crippen molar-refractivity contribution in [2.75, 3.05) is 6.16 Å². The quantitative estimate of drug-likeness (QED) is 0.653. The van der Waals surface area contributed by atoms with E-state index in [9.17, 15) is 19.8 Å². The van der Waals surface area contributed by atoms with E-state index in [4.69, 9.17) is 0 Å². The summed E-state index contributed by atoms with van der Waals surface area (Å²) in [7, 11) is 2.79. The maximum atomic E-state index is 11.4. The fourth-order valence-corrected chi connectivity index (χ4v) is 5.59. The number of carbonyl (C=O) groups is 2. The van der Waals surface area contributed by atoms with E-state index in [-0.39, 0.29) is 17.3 Å². The van der Waals surface area contributed by atoms with Crippen molar-refractivity contribution < 1.29 is 19.8 Å². The van der Waals surface area contributed by atoms with Gasteiger partial charge in [0.05, 0.1) is 11.8 Å². The molecule has 2 aliphatic rings. The van der Waals surface area contributed by atoms with Crippen LogP contribution in [0.2, 0.25) is 0 Å². The molecule has 0 heterocycles. The van der Waals surface area contributed by atoms with Crippen molar-refractivity contribution in [3.05, 3.63) is 0 Å². The summed E-state index contributed by atoms with van der Waals surface area (Å²) in [6.07, 6.45) is 9.49. The van der Waals surface area contributed by atoms with Crippen LogP contribution in [0, 0.1) is 29.1 Å². The molecule has 2 fully saturated rings. The molecule has 23 heavy (non-hydrogen) atoms. The molecule has 0 bridgehead atoms. The highest BCUT2D eigenvalue weighted by molar-refractivity contribution is 7.16. The molecule has 0 radical (unpaired) electrons. The highest BCUT2D eigenvalue weighted by Gasteiger charge is 2.49. The van der Waals surface area contributed by atoms with Crippen molar-refractivity contribution in [2.45, 2.75) is 64.7 Å². The van der Waals surface area contributed by atoms with Crippen molar-refractivity contribution >= 4 is 21.2 Å². The second-order valence-corrected chi connectivity index (χ2v) is 8.15. The standard InChI is InChI=1S/C18H31O4P/c1-2-18(8-3-9-23,14-6-4-12(10-14)16(19)20)15-7-5-13(11-15)17(21)22/h12-15H,2-11,23H2,1H3,(H,19,20)(H,21,22). The maximum absolute atomic E-state index is 11.4. The second-order valence-electron chi connectivity index (χ2n) is 7.57. The first-order valence-electron chi connectivity index (χ1n) is 9.10. The molecule has 4 nitrogen and oxygen atoms in total. The van der Waals surface area contributed by atoms with E-state index in [1.165, 1.54) is 0 Å². The van der Waals surface area contributed by atoms with E-state index in [1.807, 2.05) is 0 Å². The number of hydrogen-bond donors (Lipinski definition) is 2. The average Bonchev–Trinajstić information content (AvgIpc) is 3.18. The summed E-state index contributed by atoms with van der Waals surface area (Å²) in [5, 5.41) is 18.7. The molecule has 5 unspecified atom stereocenters. The van der Waals surface area contributed by atoms with Gasteiger partial charge in [0.15, 0.2) is 0 Å². The summed E-state index contributed by atoms with van der Waals surface area (Å²) in [6, 6.07) is 0. The molecule has 5 heteroatoms. The zero-order valence-electron chi connectivity index (χ0n) is 14.2. The van der Waals surface area contributed by atoms with Gasteiger partial charge in [0.25, 0.3) is 0 Å². The van der Waals surface area contributed by atoms with Gasteiger partial charge in [0.2, 0.25) is 0 Å². The Balaban J connectivity index is 2.18. The van der Waals surface area contributed by atoms with Crippen LogP contribution in [0.4, 0.5) is 0 Å². The first-order valence-corrected chi connectivity index (χ1v) is 9.92. The largest absolute Gasteiger partial charge is 0.481 e. The Morgan fingerprint density at radius 3 is 1.78 bits per heavy atom. The molecule has 2 N–H and O–H groups in total. The van der Waals surface area contributed by atoms with Crippen molar-refractivity contribution in [3.63, 3.8) is 0 Å². The SMILES string of the molecule is CCC(CCCP)(C1CCC(C(=O)O)C1)C1CCC(C(=O)O)C1. The first-order chi connectivity index (χ1) is 10.9. The van der Waals surface area contributed by atoms with Crippen molar-refractivity contribution in [2.24, 2.45) is 29.1 Å². The van der Waals surface area contributed by atoms with Crippen LogP contribution in [0.15, 0.2) is 0 Å². The van der Waals surface area contributed by atoms with Crippen LogP contribution in [-0.4, -0.2) is 28.3 Å². The van der Waals surface area contributed by atoms with Gasteiger partial charge < -0.3 is 10.2 Å². The average molecular weight is 342 g/mol. The third kappa shape index (κ3) is 3.90. The van der Waals surface area contributed by atoms with Crippen LogP contribution in [0.1, 0.15) is 64.7 Å². The normalized spacial score (nSPS) is 33.5. The van der Waals surface area contributed by atoms with Gasteiger partial charge in [-0.2, -0.15) is 0 Å². The zero-order valence-corrected chi connectivity index (χ0v) is 15.3. The van der Waals surface area contributed by atoms with E-state index in [0.29, 0.717) is 11.8 Å². The number of hydrogen-bond acceptors (Lipinski definition) is 2. The van der Waals surface area contributed by atoms with Crippen LogP contribution in [-0.2, 0) is 9.59 Å². The maximum Gasteiger partial charge on any atom is 0.306 e. The molecule has 2 aliphatic carbocycles. The fourth-order valence-electron chi connectivity index (χ4n) is 5.38. The summed E-state index contributed by atoms with van der Waals surface area (Å²) in [5.74, 6) is -0.806. The molecule has 0 amide bonds. The zero-order chi connectivity index (χ0) is 17.0. The molecule has 0 aromatic carbocycles. The highest BCUT2D eigenvalue weighted by Crippen LogP contribution is 2.56. The number of rotatable bonds is 8. The Kier molecular flexibility index (Phi) is 6.48. The van der Waals surface area contributed by atoms with Gasteiger partial charge in [-0.05, 0) is 81.2 Å². The Morgan fingerprint density at radius 1 is 1.00 bits per heavy atom. The van der Waals surface area contributed by atoms with E-state index >= 15 is 0 Å². The van der Waals surface area contributed by atoms with Crippen LogP contribution >= 0.6 is 9.24 Å². The minimum atomic E-state index is -0.654. The predicted molar refractivity (Wildman–Crippen MR) is 93.5 cm³/mol. The first kappa shape index (κ1) is 18.7. The van der Waals surface area contributed by atoms with E-state index in [0.717, 1.165) is 63.9 Å². The lowest BCUT2D eigenvalue weighted by molar-refractivity contribution is -0.142. The predicted octanol–water partition coefficient (Wildman–Crippen LogP) is 4.04. The van der Waals surface area contributed by atoms with Crippen LogP contribution in [0.3, 0.4) is 0 Å². The molecule has 5 atom stereocenters. The summed E-state index contributed by atoms with van der Waals surface area (Å²) in [6.45, 7) is 2.23. The lowest BCUT2D eigenvalue weighted by Gasteiger charge is -2.44. The van der Waals surface area contributed by atoms with Crippen LogP contribution in [0.25, 0.3) is 0 Å². The Bertz CT molecular complexity index is 405. The van der Waals surface area contributed by atoms with Crippen LogP contribution < -0.4 is 0 Å². The molecular formula is C18H31O4P. The van der Waals surface area contributed by atoms with Crippen molar-refractivity contribution in [1.29, 1.82) is 0 Å². The third-order valence-electron chi connectivity index (χ3n) is 6.69. The lowest BCUT2D eigenvalue weighted by atomic mass is 9.60. The third-order valence-corrected chi connectivity index (χ3v) is 7.10. The number of carboxylic acid groups (broad SMARTS) is 2. The van der Waals surface area contributed by atoms with Gasteiger partial charge in [-0.15, -0.1) is 9.24 Å². The highest BCUT2D eigenvalue weighted by atomic mass is 31.0. The van der Waals surface area contributed by atoms with E-state index in [1.54, 1.807) is 0 Å². The molecule has 132 valence electrons. The summed E-state index contributed by atoms with van der Waals surface area (Å²) >= 11 is 0. The van der Waals surface area contributed by atoms with Crippen molar-refractivity contribution in [3.8, 4) is 0 Å². The number of aliphatic carboxylic acids is 2. The van der Waals surface area contributed by atoms with Gasteiger partial charge in [-0.25, -0.2) is 0 Å². The Labute approximate surface area is 141 Å². The molecule has 0 aromatic heterocycles. The smallest absolute Gasteiger partial charge is 0.306 e. The Hall–Kier alpha value is -0.630. The summed E-state index contributed by atoms with van der Waals surface area (Å²) < 4.78 is 0. The van der Waals surface area contributed by atoms with E-state index in [2.05, 4.69) is 16.2 Å². The minimum Gasteiger partial charge on any atom is -0.481 e. The van der Waals surface area contributed by atoms with Crippen LogP contribution in [0.5, 0.6) is 0 Å². The second kappa shape index (κ2) is 7.96. The van der Waals surface area contributed by atoms with E-state index < -0.39 is 11.9 Å². The van der Waals surface area contributed by atoms with Gasteiger partial charge in [-0.3, -0.25) is 9.59 Å². The lowest BCUT2D eigenvalue weighted by Crippen LogP contribution is -2.36. The fraction of sp³-hybridized carbons (Fsp3) is 0.889. The molecule has 2 saturated carbocycles. The molecule has 0 aliphatic heterocycles. The molecule has 0 saturated heterocycles. The molecule has 2 rings (SSSR count). The topological polar surface area (TPSA) is 74.6 Å². The Morgan fingerprint density at radius 2 is 1.48 bits per heavy atom.